The van der Waals surface area contributed by atoms with Crippen molar-refractivity contribution in [2.45, 2.75) is 6.04 Å². The van der Waals surface area contributed by atoms with Crippen LogP contribution in [0.25, 0.3) is 0 Å². The molecule has 0 spiro atoms. The van der Waals surface area contributed by atoms with E-state index in [2.05, 4.69) is 25.3 Å². The summed E-state index contributed by atoms with van der Waals surface area (Å²) in [5, 5.41) is 8.01. The van der Waals surface area contributed by atoms with Crippen LogP contribution in [0.5, 0.6) is 0 Å². The average Bonchev–Trinajstić information content (AvgIpc) is 2.01. The lowest BCUT2D eigenvalue weighted by molar-refractivity contribution is -0.137. The van der Waals surface area contributed by atoms with Gasteiger partial charge in [-0.3, -0.25) is 9.35 Å². The van der Waals surface area contributed by atoms with Crippen LogP contribution in [0.4, 0.5) is 0 Å². The Labute approximate surface area is 93.4 Å². The van der Waals surface area contributed by atoms with Gasteiger partial charge in [0.2, 0.25) is 0 Å². The maximum Gasteiger partial charge on any atom is 0.321 e. The third-order valence-corrected chi connectivity index (χ3v) is 2.50. The second kappa shape index (κ2) is 8.36. The van der Waals surface area contributed by atoms with Crippen LogP contribution in [-0.4, -0.2) is 47.3 Å². The molecule has 9 heteroatoms. The van der Waals surface area contributed by atoms with Crippen molar-refractivity contribution in [1.82, 2.24) is 0 Å². The molecule has 0 fully saturated rings. The number of hydrogen-bond acceptors (Lipinski definition) is 6. The minimum atomic E-state index is -3.75. The number of aliphatic carboxylic acids is 1. The van der Waals surface area contributed by atoms with E-state index in [0.29, 0.717) is 0 Å². The molecule has 0 aromatic heterocycles. The highest BCUT2D eigenvalue weighted by Gasteiger charge is 2.06. The smallest absolute Gasteiger partial charge is 0.321 e. The van der Waals surface area contributed by atoms with Crippen molar-refractivity contribution >= 4 is 41.3 Å². The zero-order valence-corrected chi connectivity index (χ0v) is 9.80. The molecule has 0 saturated carbocycles. The number of carbonyl (C=O) groups is 1. The number of rotatable bonds is 4. The highest BCUT2D eigenvalue weighted by Crippen LogP contribution is 1.82. The van der Waals surface area contributed by atoms with Crippen molar-refractivity contribution < 1.29 is 22.9 Å². The summed E-state index contributed by atoms with van der Waals surface area (Å²) in [6.07, 6.45) is 0. The van der Waals surface area contributed by atoms with E-state index >= 15 is 0 Å². The first-order valence-corrected chi connectivity index (χ1v) is 6.27. The van der Waals surface area contributed by atoms with Crippen LogP contribution in [0.3, 0.4) is 0 Å². The molecule has 0 saturated heterocycles. The number of hydrogen-bond donors (Lipinski definition) is 5. The summed E-state index contributed by atoms with van der Waals surface area (Å²) in [6.45, 7) is 0. The lowest BCUT2D eigenvalue weighted by atomic mass is 10.4. The topological polar surface area (TPSA) is 118 Å². The number of nitrogens with two attached hydrogens (primary N) is 1. The van der Waals surface area contributed by atoms with E-state index in [4.69, 9.17) is 15.4 Å². The summed E-state index contributed by atoms with van der Waals surface area (Å²) in [6, 6.07) is -0.816. The Kier molecular flexibility index (Phi) is 9.83. The molecule has 0 rings (SSSR count). The SMILES string of the molecule is N[C@@H](CS)C(=O)O.O=S(=O)(O)CCS. The summed E-state index contributed by atoms with van der Waals surface area (Å²) in [4.78, 5) is 9.76. The zero-order valence-electron chi connectivity index (χ0n) is 7.20. The molecule has 0 amide bonds. The molecule has 0 aromatic carbocycles. The van der Waals surface area contributed by atoms with E-state index in [1.165, 1.54) is 0 Å². The Morgan fingerprint density at radius 1 is 1.43 bits per heavy atom. The summed E-state index contributed by atoms with van der Waals surface area (Å²) >= 11 is 7.22. The van der Waals surface area contributed by atoms with E-state index < -0.39 is 22.1 Å². The van der Waals surface area contributed by atoms with Crippen molar-refractivity contribution in [3.05, 3.63) is 0 Å². The predicted molar refractivity (Wildman–Crippen MR) is 59.7 cm³/mol. The first-order chi connectivity index (χ1) is 6.24. The van der Waals surface area contributed by atoms with Crippen molar-refractivity contribution in [2.24, 2.45) is 5.73 Å². The van der Waals surface area contributed by atoms with Gasteiger partial charge in [0.1, 0.15) is 6.04 Å². The fraction of sp³-hybridized carbons (Fsp3) is 0.800. The third kappa shape index (κ3) is 14.6. The minimum absolute atomic E-state index is 0.166. The summed E-state index contributed by atoms with van der Waals surface area (Å²) in [7, 11) is -3.75. The molecule has 0 aliphatic carbocycles. The van der Waals surface area contributed by atoms with Gasteiger partial charge in [-0.05, 0) is 0 Å². The fourth-order valence-corrected chi connectivity index (χ4v) is 1.27. The van der Waals surface area contributed by atoms with Gasteiger partial charge in [0.25, 0.3) is 10.1 Å². The van der Waals surface area contributed by atoms with E-state index in [9.17, 15) is 13.2 Å². The molecule has 0 radical (unpaired) electrons. The minimum Gasteiger partial charge on any atom is -0.480 e. The van der Waals surface area contributed by atoms with Crippen molar-refractivity contribution in [1.29, 1.82) is 0 Å². The summed E-state index contributed by atoms with van der Waals surface area (Å²) in [5.41, 5.74) is 4.94. The third-order valence-electron chi connectivity index (χ3n) is 0.863. The first-order valence-electron chi connectivity index (χ1n) is 3.40. The quantitative estimate of drug-likeness (QED) is 0.332. The van der Waals surface area contributed by atoms with E-state index in [0.717, 1.165) is 0 Å². The lowest BCUT2D eigenvalue weighted by Gasteiger charge is -1.96. The number of carboxylic acid groups (broad SMARTS) is 1. The summed E-state index contributed by atoms with van der Waals surface area (Å²) < 4.78 is 27.4. The number of carboxylic acids is 1. The second-order valence-corrected chi connectivity index (χ2v) is 4.52. The Morgan fingerprint density at radius 2 is 1.86 bits per heavy atom. The van der Waals surface area contributed by atoms with Gasteiger partial charge in [0.15, 0.2) is 0 Å². The van der Waals surface area contributed by atoms with Crippen molar-refractivity contribution in [3.63, 3.8) is 0 Å². The van der Waals surface area contributed by atoms with E-state index in [1.54, 1.807) is 0 Å². The first kappa shape index (κ1) is 16.5. The molecule has 14 heavy (non-hydrogen) atoms. The van der Waals surface area contributed by atoms with Crippen LogP contribution in [0, 0.1) is 0 Å². The lowest BCUT2D eigenvalue weighted by Crippen LogP contribution is -2.31. The van der Waals surface area contributed by atoms with Gasteiger partial charge in [-0.2, -0.15) is 33.7 Å². The fourth-order valence-electron chi connectivity index (χ4n) is 0.193. The molecular formula is C5H13NO5S3. The van der Waals surface area contributed by atoms with Crippen LogP contribution in [-0.2, 0) is 14.9 Å². The van der Waals surface area contributed by atoms with Crippen LogP contribution >= 0.6 is 25.3 Å². The van der Waals surface area contributed by atoms with Gasteiger partial charge in [-0.25, -0.2) is 0 Å². The van der Waals surface area contributed by atoms with Crippen LogP contribution in [0.1, 0.15) is 0 Å². The predicted octanol–water partition coefficient (Wildman–Crippen LogP) is -0.868. The molecule has 0 aliphatic rings. The largest absolute Gasteiger partial charge is 0.480 e. The zero-order chi connectivity index (χ0) is 11.8. The van der Waals surface area contributed by atoms with Crippen molar-refractivity contribution in [2.75, 3.05) is 17.3 Å². The standard InChI is InChI=1S/C3H7NO2S.C2H6O3S2/c4-2(1-7)3(5)6;3-7(4,5)2-1-6/h2,7H,1,4H2,(H,5,6);6H,1-2H2,(H,3,4,5)/t2-;/m0./s1. The Hall–Kier alpha value is 0.0400. The van der Waals surface area contributed by atoms with Gasteiger partial charge in [-0.1, -0.05) is 0 Å². The Balaban J connectivity index is 0. The van der Waals surface area contributed by atoms with Crippen LogP contribution in [0.2, 0.25) is 0 Å². The van der Waals surface area contributed by atoms with E-state index in [-0.39, 0.29) is 17.3 Å². The molecule has 6 nitrogen and oxygen atoms in total. The molecule has 0 unspecified atom stereocenters. The van der Waals surface area contributed by atoms with Crippen molar-refractivity contribution in [3.8, 4) is 0 Å². The molecule has 0 bridgehead atoms. The molecule has 0 aliphatic heterocycles. The number of thiol groups is 2. The highest BCUT2D eigenvalue weighted by atomic mass is 32.2. The Bertz CT molecular complexity index is 252. The normalized spacial score (nSPS) is 12.6. The Morgan fingerprint density at radius 3 is 1.86 bits per heavy atom. The second-order valence-electron chi connectivity index (χ2n) is 2.14. The highest BCUT2D eigenvalue weighted by molar-refractivity contribution is 7.87. The molecule has 0 heterocycles. The molecule has 86 valence electrons. The van der Waals surface area contributed by atoms with Crippen LogP contribution in [0.15, 0.2) is 0 Å². The van der Waals surface area contributed by atoms with Crippen LogP contribution < -0.4 is 5.73 Å². The van der Waals surface area contributed by atoms with Gasteiger partial charge in [0, 0.05) is 11.5 Å². The molecular weight excluding hydrogens is 250 g/mol. The molecule has 4 N–H and O–H groups in total. The van der Waals surface area contributed by atoms with Gasteiger partial charge in [-0.15, -0.1) is 0 Å². The average molecular weight is 263 g/mol. The van der Waals surface area contributed by atoms with E-state index in [1.807, 2.05) is 0 Å². The van der Waals surface area contributed by atoms with Gasteiger partial charge < -0.3 is 10.8 Å². The molecule has 0 aromatic rings. The monoisotopic (exact) mass is 263 g/mol. The van der Waals surface area contributed by atoms with Gasteiger partial charge >= 0.3 is 5.97 Å². The summed E-state index contributed by atoms with van der Waals surface area (Å²) in [5.74, 6) is -0.917. The molecule has 1 atom stereocenters. The maximum absolute atomic E-state index is 9.76. The maximum atomic E-state index is 9.76. The van der Waals surface area contributed by atoms with Gasteiger partial charge in [0.05, 0.1) is 5.75 Å².